The van der Waals surface area contributed by atoms with Crippen molar-refractivity contribution in [3.8, 4) is 5.75 Å². The third-order valence-corrected chi connectivity index (χ3v) is 1.66. The summed E-state index contributed by atoms with van der Waals surface area (Å²) in [7, 11) is 1.49. The standard InChI is InChI=1S/C11H16N2O3/c1-11(2,3)16-10(14)8-5-7(15-4)6-9(12)13-8/h5-6H,1-4H3,(H2,12,13). The molecule has 0 saturated carbocycles. The molecule has 0 atom stereocenters. The molecule has 0 bridgehead atoms. The molecule has 0 spiro atoms. The third kappa shape index (κ3) is 3.42. The molecule has 88 valence electrons. The lowest BCUT2D eigenvalue weighted by Crippen LogP contribution is -2.24. The smallest absolute Gasteiger partial charge is 0.357 e. The summed E-state index contributed by atoms with van der Waals surface area (Å²) in [5.41, 5.74) is 5.12. The van der Waals surface area contributed by atoms with Crippen LogP contribution < -0.4 is 10.5 Å². The number of esters is 1. The minimum absolute atomic E-state index is 0.145. The van der Waals surface area contributed by atoms with Crippen LogP contribution in [0.25, 0.3) is 0 Å². The van der Waals surface area contributed by atoms with E-state index in [0.29, 0.717) is 5.75 Å². The first kappa shape index (κ1) is 12.3. The van der Waals surface area contributed by atoms with E-state index in [-0.39, 0.29) is 11.5 Å². The molecule has 5 nitrogen and oxygen atoms in total. The Morgan fingerprint density at radius 3 is 2.50 bits per heavy atom. The first-order valence-corrected chi connectivity index (χ1v) is 4.87. The Bertz CT molecular complexity index is 397. The van der Waals surface area contributed by atoms with Crippen LogP contribution in [0.2, 0.25) is 0 Å². The molecular weight excluding hydrogens is 208 g/mol. The predicted molar refractivity (Wildman–Crippen MR) is 60.4 cm³/mol. The van der Waals surface area contributed by atoms with Gasteiger partial charge in [-0.25, -0.2) is 9.78 Å². The maximum absolute atomic E-state index is 11.7. The first-order valence-electron chi connectivity index (χ1n) is 4.87. The van der Waals surface area contributed by atoms with E-state index in [2.05, 4.69) is 4.98 Å². The number of carbonyl (C=O) groups excluding carboxylic acids is 1. The quantitative estimate of drug-likeness (QED) is 0.773. The topological polar surface area (TPSA) is 74.4 Å². The number of methoxy groups -OCH3 is 1. The van der Waals surface area contributed by atoms with Gasteiger partial charge in [-0.15, -0.1) is 0 Å². The second-order valence-corrected chi connectivity index (χ2v) is 4.32. The zero-order valence-electron chi connectivity index (χ0n) is 9.90. The fourth-order valence-corrected chi connectivity index (χ4v) is 1.08. The Morgan fingerprint density at radius 2 is 2.00 bits per heavy atom. The highest BCUT2D eigenvalue weighted by atomic mass is 16.6. The molecule has 0 fully saturated rings. The number of hydrogen-bond donors (Lipinski definition) is 1. The van der Waals surface area contributed by atoms with Gasteiger partial charge in [-0.2, -0.15) is 0 Å². The second-order valence-electron chi connectivity index (χ2n) is 4.32. The fourth-order valence-electron chi connectivity index (χ4n) is 1.08. The molecular formula is C11H16N2O3. The molecule has 0 saturated heterocycles. The maximum atomic E-state index is 11.7. The van der Waals surface area contributed by atoms with Gasteiger partial charge in [0.1, 0.15) is 17.2 Å². The lowest BCUT2D eigenvalue weighted by Gasteiger charge is -2.19. The monoisotopic (exact) mass is 224 g/mol. The van der Waals surface area contributed by atoms with Gasteiger partial charge < -0.3 is 15.2 Å². The van der Waals surface area contributed by atoms with Gasteiger partial charge in [0, 0.05) is 12.1 Å². The molecule has 0 aliphatic rings. The molecule has 1 rings (SSSR count). The average Bonchev–Trinajstić information content (AvgIpc) is 2.14. The maximum Gasteiger partial charge on any atom is 0.357 e. The minimum atomic E-state index is -0.559. The van der Waals surface area contributed by atoms with Gasteiger partial charge >= 0.3 is 5.97 Å². The number of pyridine rings is 1. The molecule has 0 unspecified atom stereocenters. The normalized spacial score (nSPS) is 11.0. The lowest BCUT2D eigenvalue weighted by atomic mass is 10.2. The number of aromatic nitrogens is 1. The van der Waals surface area contributed by atoms with E-state index in [0.717, 1.165) is 0 Å². The Morgan fingerprint density at radius 1 is 1.38 bits per heavy atom. The molecule has 2 N–H and O–H groups in total. The lowest BCUT2D eigenvalue weighted by molar-refractivity contribution is 0.00626. The zero-order valence-corrected chi connectivity index (χ0v) is 9.90. The molecule has 1 heterocycles. The van der Waals surface area contributed by atoms with Crippen LogP contribution in [-0.2, 0) is 4.74 Å². The Kier molecular flexibility index (Phi) is 3.37. The predicted octanol–water partition coefficient (Wildman–Crippen LogP) is 1.63. The molecule has 0 aliphatic heterocycles. The van der Waals surface area contributed by atoms with Crippen LogP contribution in [0.15, 0.2) is 12.1 Å². The number of anilines is 1. The molecule has 0 radical (unpaired) electrons. The highest BCUT2D eigenvalue weighted by Crippen LogP contribution is 2.17. The highest BCUT2D eigenvalue weighted by molar-refractivity contribution is 5.88. The van der Waals surface area contributed by atoms with E-state index >= 15 is 0 Å². The summed E-state index contributed by atoms with van der Waals surface area (Å²) in [4.78, 5) is 15.6. The van der Waals surface area contributed by atoms with Crippen LogP contribution in [-0.4, -0.2) is 23.7 Å². The minimum Gasteiger partial charge on any atom is -0.497 e. The van der Waals surface area contributed by atoms with Crippen LogP contribution in [0.4, 0.5) is 5.82 Å². The van der Waals surface area contributed by atoms with Crippen LogP contribution in [0.5, 0.6) is 5.75 Å². The van der Waals surface area contributed by atoms with E-state index in [1.165, 1.54) is 19.2 Å². The molecule has 1 aromatic rings. The molecule has 0 amide bonds. The van der Waals surface area contributed by atoms with Crippen LogP contribution in [0.3, 0.4) is 0 Å². The summed E-state index contributed by atoms with van der Waals surface area (Å²) in [6, 6.07) is 3.03. The van der Waals surface area contributed by atoms with Crippen molar-refractivity contribution in [2.75, 3.05) is 12.8 Å². The van der Waals surface area contributed by atoms with Crippen LogP contribution >= 0.6 is 0 Å². The summed E-state index contributed by atoms with van der Waals surface area (Å²) in [5, 5.41) is 0. The molecule has 16 heavy (non-hydrogen) atoms. The summed E-state index contributed by atoms with van der Waals surface area (Å²) < 4.78 is 10.2. The van der Waals surface area contributed by atoms with Crippen molar-refractivity contribution >= 4 is 11.8 Å². The zero-order chi connectivity index (χ0) is 12.3. The number of carbonyl (C=O) groups is 1. The Labute approximate surface area is 94.6 Å². The van der Waals surface area contributed by atoms with E-state index in [1.807, 2.05) is 0 Å². The van der Waals surface area contributed by atoms with Gasteiger partial charge in [-0.1, -0.05) is 0 Å². The Balaban J connectivity index is 2.95. The van der Waals surface area contributed by atoms with Crippen molar-refractivity contribution < 1.29 is 14.3 Å². The first-order chi connectivity index (χ1) is 7.31. The van der Waals surface area contributed by atoms with E-state index in [9.17, 15) is 4.79 Å². The second kappa shape index (κ2) is 4.38. The number of nitrogens with zero attached hydrogens (tertiary/aromatic N) is 1. The Hall–Kier alpha value is -1.78. The SMILES string of the molecule is COc1cc(N)nc(C(=O)OC(C)(C)C)c1. The van der Waals surface area contributed by atoms with Gasteiger partial charge in [0.2, 0.25) is 0 Å². The summed E-state index contributed by atoms with van der Waals surface area (Å²) in [5.74, 6) is 0.187. The van der Waals surface area contributed by atoms with Crippen LogP contribution in [0, 0.1) is 0 Å². The summed E-state index contributed by atoms with van der Waals surface area (Å²) in [6.45, 7) is 5.36. The van der Waals surface area contributed by atoms with Crippen molar-refractivity contribution in [3.05, 3.63) is 17.8 Å². The molecule has 0 aliphatic carbocycles. The average molecular weight is 224 g/mol. The van der Waals surface area contributed by atoms with Crippen molar-refractivity contribution in [2.45, 2.75) is 26.4 Å². The number of nitrogen functional groups attached to an aromatic ring is 1. The third-order valence-electron chi connectivity index (χ3n) is 1.66. The number of ether oxygens (including phenoxy) is 2. The van der Waals surface area contributed by atoms with E-state index in [4.69, 9.17) is 15.2 Å². The number of nitrogens with two attached hydrogens (primary N) is 1. The number of rotatable bonds is 2. The molecule has 5 heteroatoms. The summed E-state index contributed by atoms with van der Waals surface area (Å²) >= 11 is 0. The van der Waals surface area contributed by atoms with Gasteiger partial charge in [-0.3, -0.25) is 0 Å². The van der Waals surface area contributed by atoms with Crippen molar-refractivity contribution in [1.29, 1.82) is 0 Å². The van der Waals surface area contributed by atoms with E-state index in [1.54, 1.807) is 20.8 Å². The summed E-state index contributed by atoms with van der Waals surface area (Å²) in [6.07, 6.45) is 0. The van der Waals surface area contributed by atoms with Gasteiger partial charge in [0.25, 0.3) is 0 Å². The van der Waals surface area contributed by atoms with Gasteiger partial charge in [-0.05, 0) is 20.8 Å². The largest absolute Gasteiger partial charge is 0.497 e. The van der Waals surface area contributed by atoms with Crippen LogP contribution in [0.1, 0.15) is 31.3 Å². The molecule has 1 aromatic heterocycles. The fraction of sp³-hybridized carbons (Fsp3) is 0.455. The molecule has 0 aromatic carbocycles. The van der Waals surface area contributed by atoms with Gasteiger partial charge in [0.05, 0.1) is 7.11 Å². The van der Waals surface area contributed by atoms with E-state index < -0.39 is 11.6 Å². The van der Waals surface area contributed by atoms with Crippen molar-refractivity contribution in [3.63, 3.8) is 0 Å². The van der Waals surface area contributed by atoms with Gasteiger partial charge in [0.15, 0.2) is 5.69 Å². The van der Waals surface area contributed by atoms with Crippen molar-refractivity contribution in [1.82, 2.24) is 4.98 Å². The highest BCUT2D eigenvalue weighted by Gasteiger charge is 2.19. The number of hydrogen-bond acceptors (Lipinski definition) is 5. The van der Waals surface area contributed by atoms with Crippen molar-refractivity contribution in [2.24, 2.45) is 0 Å².